The summed E-state index contributed by atoms with van der Waals surface area (Å²) in [4.78, 5) is 15.2. The molecular formula is C14H12F3N3O2S. The van der Waals surface area contributed by atoms with E-state index < -0.39 is 23.2 Å². The predicted molar refractivity (Wildman–Crippen MR) is 81.4 cm³/mol. The molecule has 0 aliphatic carbocycles. The van der Waals surface area contributed by atoms with Crippen LogP contribution in [0.2, 0.25) is 0 Å². The molecule has 0 N–H and O–H groups in total. The number of hydrogen-bond donors (Lipinski definition) is 0. The molecule has 0 radical (unpaired) electrons. The predicted octanol–water partition coefficient (Wildman–Crippen LogP) is 5.30. The number of nitrogens with zero attached hydrogens (tertiary/aromatic N) is 3. The first kappa shape index (κ1) is 17.2. The second-order valence-electron chi connectivity index (χ2n) is 4.65. The quantitative estimate of drug-likeness (QED) is 0.327. The van der Waals surface area contributed by atoms with Crippen LogP contribution in [0.1, 0.15) is 31.0 Å². The van der Waals surface area contributed by atoms with Gasteiger partial charge in [0, 0.05) is 4.91 Å². The maximum atomic E-state index is 12.8. The van der Waals surface area contributed by atoms with Gasteiger partial charge in [-0.2, -0.15) is 13.2 Å². The van der Waals surface area contributed by atoms with E-state index in [1.807, 2.05) is 6.92 Å². The van der Waals surface area contributed by atoms with E-state index in [1.54, 1.807) is 0 Å². The maximum Gasteiger partial charge on any atom is 0.416 e. The first-order valence-electron chi connectivity index (χ1n) is 6.64. The molecule has 0 spiro atoms. The van der Waals surface area contributed by atoms with Crippen LogP contribution in [0.15, 0.2) is 37.6 Å². The molecule has 1 aromatic heterocycles. The van der Waals surface area contributed by atoms with E-state index >= 15 is 0 Å². The molecule has 5 nitrogen and oxygen atoms in total. The van der Waals surface area contributed by atoms with Crippen LogP contribution in [0, 0.1) is 0 Å². The molecule has 0 saturated heterocycles. The van der Waals surface area contributed by atoms with Gasteiger partial charge in [-0.15, -0.1) is 0 Å². The molecule has 23 heavy (non-hydrogen) atoms. The molecule has 2 aromatic rings. The third kappa shape index (κ3) is 3.46. The number of azide groups is 1. The highest BCUT2D eigenvalue weighted by Crippen LogP contribution is 2.34. The highest BCUT2D eigenvalue weighted by Gasteiger charge is 2.31. The second-order valence-corrected chi connectivity index (χ2v) is 5.89. The number of alkyl halides is 3. The fraction of sp³-hybridized carbons (Fsp3) is 0.357. The zero-order valence-electron chi connectivity index (χ0n) is 12.2. The summed E-state index contributed by atoms with van der Waals surface area (Å²) in [5, 5.41) is 3.53. The molecule has 1 atom stereocenters. The summed E-state index contributed by atoms with van der Waals surface area (Å²) in [5.41, 5.74) is 7.13. The standard InChI is InChI=1S/C14H12F3N3O2S/c1-3-23-13-11(7(2)19-20-18)12(21)9-6-8(14(15,16)17)4-5-10(9)22-13/h4-7H,3H2,1-2H3. The van der Waals surface area contributed by atoms with E-state index in [2.05, 4.69) is 10.0 Å². The first-order valence-corrected chi connectivity index (χ1v) is 7.63. The van der Waals surface area contributed by atoms with Crippen LogP contribution in [0.25, 0.3) is 21.4 Å². The van der Waals surface area contributed by atoms with E-state index in [-0.39, 0.29) is 21.6 Å². The molecule has 2 rings (SSSR count). The molecule has 0 amide bonds. The third-order valence-electron chi connectivity index (χ3n) is 3.14. The first-order chi connectivity index (χ1) is 10.8. The van der Waals surface area contributed by atoms with Gasteiger partial charge in [0.2, 0.25) is 0 Å². The van der Waals surface area contributed by atoms with Crippen LogP contribution < -0.4 is 5.43 Å². The van der Waals surface area contributed by atoms with Gasteiger partial charge in [0.15, 0.2) is 10.5 Å². The molecule has 1 unspecified atom stereocenters. The van der Waals surface area contributed by atoms with E-state index in [0.717, 1.165) is 18.2 Å². The minimum atomic E-state index is -4.56. The second kappa shape index (κ2) is 6.55. The average Bonchev–Trinajstić information content (AvgIpc) is 2.46. The smallest absolute Gasteiger partial charge is 0.416 e. The van der Waals surface area contributed by atoms with Gasteiger partial charge in [-0.1, -0.05) is 30.7 Å². The van der Waals surface area contributed by atoms with E-state index in [0.29, 0.717) is 5.75 Å². The SMILES string of the molecule is CCSc1oc2ccc(C(F)(F)F)cc2c(=O)c1C(C)N=[N+]=[N-]. The van der Waals surface area contributed by atoms with Crippen molar-refractivity contribution in [2.75, 3.05) is 5.75 Å². The van der Waals surface area contributed by atoms with Gasteiger partial charge >= 0.3 is 6.18 Å². The summed E-state index contributed by atoms with van der Waals surface area (Å²) < 4.78 is 44.0. The van der Waals surface area contributed by atoms with Gasteiger partial charge < -0.3 is 4.42 Å². The lowest BCUT2D eigenvalue weighted by Gasteiger charge is -2.12. The topological polar surface area (TPSA) is 79.0 Å². The van der Waals surface area contributed by atoms with Crippen LogP contribution in [-0.2, 0) is 6.18 Å². The van der Waals surface area contributed by atoms with E-state index in [4.69, 9.17) is 9.95 Å². The Bertz CT molecular complexity index is 842. The Morgan fingerprint density at radius 1 is 1.43 bits per heavy atom. The third-order valence-corrected chi connectivity index (χ3v) is 3.99. The van der Waals surface area contributed by atoms with Crippen molar-refractivity contribution in [3.63, 3.8) is 0 Å². The molecule has 0 fully saturated rings. The normalized spacial score (nSPS) is 12.9. The summed E-state index contributed by atoms with van der Waals surface area (Å²) in [5.74, 6) is 0.588. The van der Waals surface area contributed by atoms with Crippen LogP contribution in [0.5, 0.6) is 0 Å². The molecule has 0 bridgehead atoms. The van der Waals surface area contributed by atoms with Gasteiger partial charge in [-0.25, -0.2) is 0 Å². The van der Waals surface area contributed by atoms with Crippen LogP contribution in [0.4, 0.5) is 13.2 Å². The maximum absolute atomic E-state index is 12.8. The monoisotopic (exact) mass is 343 g/mol. The highest BCUT2D eigenvalue weighted by atomic mass is 32.2. The molecule has 122 valence electrons. The number of thioether (sulfide) groups is 1. The van der Waals surface area contributed by atoms with Gasteiger partial charge in [0.1, 0.15) is 5.58 Å². The van der Waals surface area contributed by atoms with Gasteiger partial charge in [-0.05, 0) is 29.5 Å². The largest absolute Gasteiger partial charge is 0.449 e. The minimum Gasteiger partial charge on any atom is -0.449 e. The van der Waals surface area contributed by atoms with Crippen molar-refractivity contribution in [2.24, 2.45) is 5.11 Å². The molecule has 0 aliphatic rings. The van der Waals surface area contributed by atoms with Gasteiger partial charge in [0.25, 0.3) is 0 Å². The lowest BCUT2D eigenvalue weighted by Crippen LogP contribution is -2.14. The fourth-order valence-electron chi connectivity index (χ4n) is 2.10. The van der Waals surface area contributed by atoms with Gasteiger partial charge in [-0.3, -0.25) is 4.79 Å². The number of fused-ring (bicyclic) bond motifs is 1. The summed E-state index contributed by atoms with van der Waals surface area (Å²) in [6.07, 6.45) is -4.56. The van der Waals surface area contributed by atoms with Crippen molar-refractivity contribution in [1.29, 1.82) is 0 Å². The number of hydrogen-bond acceptors (Lipinski definition) is 4. The fourth-order valence-corrected chi connectivity index (χ4v) is 2.93. The number of benzene rings is 1. The summed E-state index contributed by atoms with van der Waals surface area (Å²) in [7, 11) is 0. The van der Waals surface area contributed by atoms with Crippen molar-refractivity contribution in [2.45, 2.75) is 31.2 Å². The molecule has 1 heterocycles. The summed E-state index contributed by atoms with van der Waals surface area (Å²) in [6.45, 7) is 3.33. The van der Waals surface area contributed by atoms with E-state index in [9.17, 15) is 18.0 Å². The molecule has 9 heteroatoms. The molecule has 0 aliphatic heterocycles. The summed E-state index contributed by atoms with van der Waals surface area (Å²) >= 11 is 1.22. The van der Waals surface area contributed by atoms with Crippen LogP contribution in [0.3, 0.4) is 0 Å². The lowest BCUT2D eigenvalue weighted by atomic mass is 10.1. The van der Waals surface area contributed by atoms with Crippen molar-refractivity contribution in [3.05, 3.63) is 50.0 Å². The average molecular weight is 343 g/mol. The van der Waals surface area contributed by atoms with Crippen LogP contribution in [-0.4, -0.2) is 5.75 Å². The molecule has 0 saturated carbocycles. The zero-order valence-corrected chi connectivity index (χ0v) is 13.0. The van der Waals surface area contributed by atoms with E-state index in [1.165, 1.54) is 18.7 Å². The summed E-state index contributed by atoms with van der Waals surface area (Å²) in [6, 6.07) is 1.90. The Labute approximate surface area is 133 Å². The Morgan fingerprint density at radius 2 is 2.13 bits per heavy atom. The van der Waals surface area contributed by atoms with Crippen molar-refractivity contribution >= 4 is 22.7 Å². The van der Waals surface area contributed by atoms with Gasteiger partial charge in [0.05, 0.1) is 22.6 Å². The number of halogens is 3. The molecule has 1 aromatic carbocycles. The Hall–Kier alpha value is -2.12. The number of rotatable bonds is 4. The Balaban J connectivity index is 2.80. The Morgan fingerprint density at radius 3 is 2.70 bits per heavy atom. The zero-order chi connectivity index (χ0) is 17.2. The highest BCUT2D eigenvalue weighted by molar-refractivity contribution is 7.99. The van der Waals surface area contributed by atoms with Crippen molar-refractivity contribution in [1.82, 2.24) is 0 Å². The minimum absolute atomic E-state index is 0.0656. The van der Waals surface area contributed by atoms with Crippen LogP contribution >= 0.6 is 11.8 Å². The van der Waals surface area contributed by atoms with Crippen molar-refractivity contribution < 1.29 is 17.6 Å². The molecular weight excluding hydrogens is 331 g/mol. The lowest BCUT2D eigenvalue weighted by molar-refractivity contribution is -0.137. The Kier molecular flexibility index (Phi) is 4.91. The van der Waals surface area contributed by atoms with Crippen molar-refractivity contribution in [3.8, 4) is 0 Å².